The highest BCUT2D eigenvalue weighted by Gasteiger charge is 2.07. The predicted octanol–water partition coefficient (Wildman–Crippen LogP) is 4.89. The van der Waals surface area contributed by atoms with Gasteiger partial charge >= 0.3 is 0 Å². The molecule has 1 heterocycles. The predicted molar refractivity (Wildman–Crippen MR) is 75.9 cm³/mol. The van der Waals surface area contributed by atoms with Crippen LogP contribution in [0.4, 0.5) is 11.5 Å². The lowest BCUT2D eigenvalue weighted by atomic mass is 10.1. The Morgan fingerprint density at radius 2 is 2.00 bits per heavy atom. The minimum absolute atomic E-state index is 0.0332. The van der Waals surface area contributed by atoms with Gasteiger partial charge in [0, 0.05) is 16.4 Å². The van der Waals surface area contributed by atoms with E-state index in [0.717, 1.165) is 21.5 Å². The van der Waals surface area contributed by atoms with E-state index >= 15 is 0 Å². The second-order valence-corrected chi connectivity index (χ2v) is 5.26. The zero-order valence-corrected chi connectivity index (χ0v) is 11.7. The molecule has 0 fully saturated rings. The van der Waals surface area contributed by atoms with E-state index in [1.54, 1.807) is 6.20 Å². The summed E-state index contributed by atoms with van der Waals surface area (Å²) in [5.74, 6) is 0.804. The molecule has 17 heavy (non-hydrogen) atoms. The van der Waals surface area contributed by atoms with Crippen LogP contribution < -0.4 is 5.32 Å². The van der Waals surface area contributed by atoms with Crippen LogP contribution >= 0.6 is 27.5 Å². The summed E-state index contributed by atoms with van der Waals surface area (Å²) in [5.41, 5.74) is 2.06. The minimum Gasteiger partial charge on any atom is -0.340 e. The van der Waals surface area contributed by atoms with Gasteiger partial charge in [-0.1, -0.05) is 18.2 Å². The molecule has 88 valence electrons. The van der Waals surface area contributed by atoms with E-state index in [1.165, 1.54) is 0 Å². The lowest BCUT2D eigenvalue weighted by Crippen LogP contribution is -1.97. The summed E-state index contributed by atoms with van der Waals surface area (Å²) >= 11 is 9.49. The molecule has 1 atom stereocenters. The van der Waals surface area contributed by atoms with Crippen LogP contribution in [-0.4, -0.2) is 4.98 Å². The van der Waals surface area contributed by atoms with Crippen LogP contribution in [0, 0.1) is 0 Å². The molecule has 2 nitrogen and oxygen atoms in total. The van der Waals surface area contributed by atoms with Crippen LogP contribution in [-0.2, 0) is 0 Å². The van der Waals surface area contributed by atoms with E-state index in [1.807, 2.05) is 43.3 Å². The van der Waals surface area contributed by atoms with Crippen molar-refractivity contribution in [1.82, 2.24) is 4.98 Å². The van der Waals surface area contributed by atoms with Crippen molar-refractivity contribution in [3.63, 3.8) is 0 Å². The zero-order chi connectivity index (χ0) is 12.3. The first-order valence-corrected chi connectivity index (χ1v) is 6.51. The number of para-hydroxylation sites is 1. The Balaban J connectivity index is 2.26. The quantitative estimate of drug-likeness (QED) is 0.817. The Labute approximate surface area is 114 Å². The summed E-state index contributed by atoms with van der Waals surface area (Å²) in [4.78, 5) is 4.27. The van der Waals surface area contributed by atoms with Gasteiger partial charge in [-0.05, 0) is 46.6 Å². The number of benzene rings is 1. The van der Waals surface area contributed by atoms with Crippen molar-refractivity contribution in [3.8, 4) is 0 Å². The molecule has 2 aromatic rings. The van der Waals surface area contributed by atoms with Crippen LogP contribution in [0.25, 0.3) is 0 Å². The monoisotopic (exact) mass is 310 g/mol. The van der Waals surface area contributed by atoms with Crippen LogP contribution in [0.3, 0.4) is 0 Å². The molecule has 1 unspecified atom stereocenters. The van der Waals surface area contributed by atoms with Crippen LogP contribution in [0.15, 0.2) is 47.1 Å². The van der Waals surface area contributed by atoms with Crippen molar-refractivity contribution >= 4 is 39.0 Å². The fourth-order valence-corrected chi connectivity index (χ4v) is 1.97. The van der Waals surface area contributed by atoms with Crippen molar-refractivity contribution in [3.05, 3.63) is 52.6 Å². The average Bonchev–Trinajstić information content (AvgIpc) is 2.32. The van der Waals surface area contributed by atoms with Gasteiger partial charge < -0.3 is 5.32 Å². The number of nitrogens with zero attached hydrogens (tertiary/aromatic N) is 1. The van der Waals surface area contributed by atoms with Gasteiger partial charge in [-0.3, -0.25) is 0 Å². The Morgan fingerprint density at radius 3 is 2.65 bits per heavy atom. The molecular weight excluding hydrogens is 300 g/mol. The second-order valence-electron chi connectivity index (χ2n) is 3.69. The van der Waals surface area contributed by atoms with E-state index in [4.69, 9.17) is 11.6 Å². The first-order chi connectivity index (χ1) is 8.16. The summed E-state index contributed by atoms with van der Waals surface area (Å²) in [6.45, 7) is 1.96. The van der Waals surface area contributed by atoms with Crippen molar-refractivity contribution in [2.75, 3.05) is 5.32 Å². The topological polar surface area (TPSA) is 24.9 Å². The van der Waals surface area contributed by atoms with Gasteiger partial charge in [0.2, 0.25) is 0 Å². The van der Waals surface area contributed by atoms with Crippen LogP contribution in [0.2, 0.25) is 0 Å². The summed E-state index contributed by atoms with van der Waals surface area (Å²) in [6.07, 6.45) is 1.76. The molecule has 1 aromatic carbocycles. The molecule has 0 aliphatic carbocycles. The highest BCUT2D eigenvalue weighted by atomic mass is 79.9. The molecular formula is C13H12BrClN2. The molecule has 1 aromatic heterocycles. The average molecular weight is 312 g/mol. The Morgan fingerprint density at radius 1 is 1.24 bits per heavy atom. The minimum atomic E-state index is -0.0332. The summed E-state index contributed by atoms with van der Waals surface area (Å²) < 4.78 is 0.960. The molecule has 2 rings (SSSR count). The van der Waals surface area contributed by atoms with Gasteiger partial charge in [0.15, 0.2) is 0 Å². The number of hydrogen-bond acceptors (Lipinski definition) is 2. The van der Waals surface area contributed by atoms with Crippen molar-refractivity contribution in [1.29, 1.82) is 0 Å². The lowest BCUT2D eigenvalue weighted by Gasteiger charge is -2.12. The maximum Gasteiger partial charge on any atom is 0.130 e. The maximum absolute atomic E-state index is 6.13. The zero-order valence-electron chi connectivity index (χ0n) is 9.32. The van der Waals surface area contributed by atoms with E-state index in [-0.39, 0.29) is 5.38 Å². The number of halogens is 2. The molecule has 0 bridgehead atoms. The number of aromatic nitrogens is 1. The van der Waals surface area contributed by atoms with E-state index in [0.29, 0.717) is 0 Å². The van der Waals surface area contributed by atoms with Crippen molar-refractivity contribution in [2.45, 2.75) is 12.3 Å². The first-order valence-electron chi connectivity index (χ1n) is 5.28. The third-order valence-electron chi connectivity index (χ3n) is 2.38. The first kappa shape index (κ1) is 12.4. The number of hydrogen-bond donors (Lipinski definition) is 1. The highest BCUT2D eigenvalue weighted by Crippen LogP contribution is 2.29. The maximum atomic E-state index is 6.13. The summed E-state index contributed by atoms with van der Waals surface area (Å²) in [7, 11) is 0. The van der Waals surface area contributed by atoms with Crippen molar-refractivity contribution < 1.29 is 0 Å². The Bertz CT molecular complexity index is 497. The molecule has 4 heteroatoms. The molecule has 0 aliphatic heterocycles. The second kappa shape index (κ2) is 5.52. The van der Waals surface area contributed by atoms with Gasteiger partial charge in [0.1, 0.15) is 5.82 Å². The molecule has 0 amide bonds. The largest absolute Gasteiger partial charge is 0.340 e. The number of rotatable bonds is 3. The summed E-state index contributed by atoms with van der Waals surface area (Å²) in [6, 6.07) is 11.8. The van der Waals surface area contributed by atoms with Crippen LogP contribution in [0.5, 0.6) is 0 Å². The van der Waals surface area contributed by atoms with Gasteiger partial charge in [-0.25, -0.2) is 4.98 Å². The standard InChI is InChI=1S/C13H12BrClN2/c1-9(15)11-4-2-3-5-12(11)17-13-7-6-10(14)8-16-13/h2-9H,1H3,(H,16,17). The Kier molecular flexibility index (Phi) is 4.02. The normalized spacial score (nSPS) is 12.2. The number of nitrogens with one attached hydrogen (secondary N) is 1. The Hall–Kier alpha value is -1.06. The van der Waals surface area contributed by atoms with E-state index < -0.39 is 0 Å². The smallest absolute Gasteiger partial charge is 0.130 e. The lowest BCUT2D eigenvalue weighted by molar-refractivity contribution is 1.08. The molecule has 0 radical (unpaired) electrons. The molecule has 1 N–H and O–H groups in total. The SMILES string of the molecule is CC(Cl)c1ccccc1Nc1ccc(Br)cn1. The number of pyridine rings is 1. The molecule has 0 saturated heterocycles. The third-order valence-corrected chi connectivity index (χ3v) is 3.08. The highest BCUT2D eigenvalue weighted by molar-refractivity contribution is 9.10. The number of alkyl halides is 1. The third kappa shape index (κ3) is 3.20. The van der Waals surface area contributed by atoms with E-state index in [2.05, 4.69) is 26.2 Å². The van der Waals surface area contributed by atoms with Gasteiger partial charge in [-0.15, -0.1) is 11.6 Å². The molecule has 0 spiro atoms. The van der Waals surface area contributed by atoms with Gasteiger partial charge in [0.05, 0.1) is 5.38 Å². The molecule has 0 saturated carbocycles. The van der Waals surface area contributed by atoms with Crippen LogP contribution in [0.1, 0.15) is 17.9 Å². The van der Waals surface area contributed by atoms with Crippen molar-refractivity contribution in [2.24, 2.45) is 0 Å². The van der Waals surface area contributed by atoms with E-state index in [9.17, 15) is 0 Å². The van der Waals surface area contributed by atoms with Gasteiger partial charge in [-0.2, -0.15) is 0 Å². The fourth-order valence-electron chi connectivity index (χ4n) is 1.55. The summed E-state index contributed by atoms with van der Waals surface area (Å²) in [5, 5.41) is 3.23. The number of anilines is 2. The molecule has 0 aliphatic rings. The fraction of sp³-hybridized carbons (Fsp3) is 0.154. The van der Waals surface area contributed by atoms with Gasteiger partial charge in [0.25, 0.3) is 0 Å².